The van der Waals surface area contributed by atoms with Crippen molar-refractivity contribution < 1.29 is 34.7 Å². The van der Waals surface area contributed by atoms with Crippen LogP contribution in [0.4, 0.5) is 0 Å². The van der Waals surface area contributed by atoms with Gasteiger partial charge in [-0.3, -0.25) is 0 Å². The van der Waals surface area contributed by atoms with E-state index < -0.39 is 36.7 Å². The van der Waals surface area contributed by atoms with Crippen molar-refractivity contribution in [1.29, 1.82) is 0 Å². The highest BCUT2D eigenvalue weighted by Crippen LogP contribution is 2.24. The Bertz CT molecular complexity index is 296. The second-order valence-corrected chi connectivity index (χ2v) is 4.82. The quantitative estimate of drug-likeness (QED) is 0.516. The lowest BCUT2D eigenvalue weighted by atomic mass is 9.99. The number of carbonyl (C=O) groups is 1. The SMILES string of the molecule is CCCCC(C)O[C@@H]1O[C@H](C(=O)O)[C@@H](O)[C@H](O)[C@H]1O. The molecule has 0 aromatic carbocycles. The smallest absolute Gasteiger partial charge is 0.335 e. The molecule has 1 heterocycles. The Labute approximate surface area is 111 Å². The van der Waals surface area contributed by atoms with Gasteiger partial charge in [0.05, 0.1) is 6.10 Å². The number of aliphatic hydroxyl groups excluding tert-OH is 3. The van der Waals surface area contributed by atoms with Crippen LogP contribution >= 0.6 is 0 Å². The van der Waals surface area contributed by atoms with E-state index in [-0.39, 0.29) is 6.10 Å². The summed E-state index contributed by atoms with van der Waals surface area (Å²) in [4.78, 5) is 10.9. The van der Waals surface area contributed by atoms with Crippen LogP contribution in [0.3, 0.4) is 0 Å². The lowest BCUT2D eigenvalue weighted by Gasteiger charge is -2.39. The monoisotopic (exact) mass is 278 g/mol. The van der Waals surface area contributed by atoms with Gasteiger partial charge in [0.2, 0.25) is 0 Å². The van der Waals surface area contributed by atoms with Gasteiger partial charge in [0, 0.05) is 0 Å². The molecule has 112 valence electrons. The van der Waals surface area contributed by atoms with Crippen molar-refractivity contribution in [2.24, 2.45) is 0 Å². The third-order valence-electron chi connectivity index (χ3n) is 3.14. The van der Waals surface area contributed by atoms with Gasteiger partial charge in [0.25, 0.3) is 0 Å². The van der Waals surface area contributed by atoms with E-state index in [1.54, 1.807) is 6.92 Å². The highest BCUT2D eigenvalue weighted by atomic mass is 16.7. The molecule has 0 saturated carbocycles. The predicted octanol–water partition coefficient (Wildman–Crippen LogP) is -0.526. The molecule has 19 heavy (non-hydrogen) atoms. The van der Waals surface area contributed by atoms with Gasteiger partial charge in [-0.1, -0.05) is 19.8 Å². The van der Waals surface area contributed by atoms with Crippen LogP contribution < -0.4 is 0 Å². The summed E-state index contributed by atoms with van der Waals surface area (Å²) in [7, 11) is 0. The molecule has 1 fully saturated rings. The van der Waals surface area contributed by atoms with Crippen LogP contribution in [0.15, 0.2) is 0 Å². The van der Waals surface area contributed by atoms with Crippen molar-refractivity contribution in [2.45, 2.75) is 69.9 Å². The first-order valence-electron chi connectivity index (χ1n) is 6.46. The molecule has 7 nitrogen and oxygen atoms in total. The summed E-state index contributed by atoms with van der Waals surface area (Å²) in [5.41, 5.74) is 0. The van der Waals surface area contributed by atoms with Crippen molar-refractivity contribution in [3.8, 4) is 0 Å². The molecule has 1 unspecified atom stereocenters. The van der Waals surface area contributed by atoms with Crippen molar-refractivity contribution in [1.82, 2.24) is 0 Å². The molecule has 0 aliphatic carbocycles. The molecular weight excluding hydrogens is 256 g/mol. The van der Waals surface area contributed by atoms with Gasteiger partial charge in [-0.25, -0.2) is 4.79 Å². The minimum absolute atomic E-state index is 0.239. The standard InChI is InChI=1S/C12H22O7/c1-3-4-5-6(2)18-12-9(15)7(13)8(14)10(19-12)11(16)17/h6-10,12-15H,3-5H2,1-2H3,(H,16,17)/t6?,7-,8-,9+,10-,12+/m0/s1. The van der Waals surface area contributed by atoms with Gasteiger partial charge in [-0.2, -0.15) is 0 Å². The zero-order chi connectivity index (χ0) is 14.6. The average Bonchev–Trinajstić information content (AvgIpc) is 2.36. The van der Waals surface area contributed by atoms with Crippen molar-refractivity contribution in [3.63, 3.8) is 0 Å². The third-order valence-corrected chi connectivity index (χ3v) is 3.14. The molecule has 0 aromatic rings. The van der Waals surface area contributed by atoms with Crippen LogP contribution in [0.5, 0.6) is 0 Å². The van der Waals surface area contributed by atoms with Crippen LogP contribution in [-0.2, 0) is 14.3 Å². The molecular formula is C12H22O7. The number of carboxylic acids is 1. The van der Waals surface area contributed by atoms with Crippen LogP contribution in [0.2, 0.25) is 0 Å². The van der Waals surface area contributed by atoms with E-state index in [4.69, 9.17) is 14.6 Å². The van der Waals surface area contributed by atoms with E-state index in [2.05, 4.69) is 0 Å². The number of carboxylic acid groups (broad SMARTS) is 1. The molecule has 1 aliphatic heterocycles. The Morgan fingerprint density at radius 3 is 2.42 bits per heavy atom. The molecule has 0 bridgehead atoms. The van der Waals surface area contributed by atoms with E-state index in [1.165, 1.54) is 0 Å². The fourth-order valence-electron chi connectivity index (χ4n) is 1.95. The number of hydrogen-bond acceptors (Lipinski definition) is 6. The Morgan fingerprint density at radius 1 is 1.26 bits per heavy atom. The van der Waals surface area contributed by atoms with Gasteiger partial charge in [-0.15, -0.1) is 0 Å². The van der Waals surface area contributed by atoms with Crippen molar-refractivity contribution in [3.05, 3.63) is 0 Å². The van der Waals surface area contributed by atoms with Crippen LogP contribution in [0, 0.1) is 0 Å². The largest absolute Gasteiger partial charge is 0.479 e. The molecule has 0 aromatic heterocycles. The fraction of sp³-hybridized carbons (Fsp3) is 0.917. The minimum Gasteiger partial charge on any atom is -0.479 e. The molecule has 1 aliphatic rings. The van der Waals surface area contributed by atoms with Gasteiger partial charge in [0.15, 0.2) is 12.4 Å². The zero-order valence-corrected chi connectivity index (χ0v) is 11.1. The maximum absolute atomic E-state index is 10.9. The van der Waals surface area contributed by atoms with Gasteiger partial charge in [-0.05, 0) is 13.3 Å². The highest BCUT2D eigenvalue weighted by Gasteiger charge is 2.47. The molecule has 7 heteroatoms. The summed E-state index contributed by atoms with van der Waals surface area (Å²) in [6, 6.07) is 0. The molecule has 0 radical (unpaired) electrons. The number of aliphatic hydroxyl groups is 3. The lowest BCUT2D eigenvalue weighted by molar-refractivity contribution is -0.303. The Kier molecular flexibility index (Phi) is 6.15. The fourth-order valence-corrected chi connectivity index (χ4v) is 1.95. The number of hydrogen-bond donors (Lipinski definition) is 4. The van der Waals surface area contributed by atoms with Crippen molar-refractivity contribution >= 4 is 5.97 Å². The predicted molar refractivity (Wildman–Crippen MR) is 64.4 cm³/mol. The van der Waals surface area contributed by atoms with E-state index in [1.807, 2.05) is 6.92 Å². The number of unbranched alkanes of at least 4 members (excludes halogenated alkanes) is 1. The third kappa shape index (κ3) is 4.12. The van der Waals surface area contributed by atoms with Crippen molar-refractivity contribution in [2.75, 3.05) is 0 Å². The van der Waals surface area contributed by atoms with Crippen LogP contribution in [0.1, 0.15) is 33.1 Å². The first-order chi connectivity index (χ1) is 8.88. The first-order valence-corrected chi connectivity index (χ1v) is 6.46. The maximum atomic E-state index is 10.9. The van der Waals surface area contributed by atoms with Gasteiger partial charge >= 0.3 is 5.97 Å². The van der Waals surface area contributed by atoms with Crippen LogP contribution in [-0.4, -0.2) is 63.2 Å². The average molecular weight is 278 g/mol. The summed E-state index contributed by atoms with van der Waals surface area (Å²) in [5, 5.41) is 37.7. The van der Waals surface area contributed by atoms with E-state index >= 15 is 0 Å². The Morgan fingerprint density at radius 2 is 1.89 bits per heavy atom. The second-order valence-electron chi connectivity index (χ2n) is 4.82. The van der Waals surface area contributed by atoms with Gasteiger partial charge in [0.1, 0.15) is 18.3 Å². The van der Waals surface area contributed by atoms with E-state index in [0.29, 0.717) is 0 Å². The Balaban J connectivity index is 2.63. The summed E-state index contributed by atoms with van der Waals surface area (Å²) < 4.78 is 10.4. The number of ether oxygens (including phenoxy) is 2. The molecule has 0 amide bonds. The van der Waals surface area contributed by atoms with Crippen LogP contribution in [0.25, 0.3) is 0 Å². The first kappa shape index (κ1) is 16.3. The highest BCUT2D eigenvalue weighted by molar-refractivity contribution is 5.73. The van der Waals surface area contributed by atoms with E-state index in [9.17, 15) is 20.1 Å². The van der Waals surface area contributed by atoms with E-state index in [0.717, 1.165) is 19.3 Å². The summed E-state index contributed by atoms with van der Waals surface area (Å²) in [6.07, 6.45) is -5.23. The molecule has 4 N–H and O–H groups in total. The topological polar surface area (TPSA) is 116 Å². The van der Waals surface area contributed by atoms with Gasteiger partial charge < -0.3 is 29.9 Å². The summed E-state index contributed by atoms with van der Waals surface area (Å²) in [5.74, 6) is -1.41. The zero-order valence-electron chi connectivity index (χ0n) is 11.1. The maximum Gasteiger partial charge on any atom is 0.335 e. The molecule has 1 rings (SSSR count). The number of rotatable bonds is 6. The second kappa shape index (κ2) is 7.16. The summed E-state index contributed by atoms with van der Waals surface area (Å²) in [6.45, 7) is 3.80. The summed E-state index contributed by atoms with van der Waals surface area (Å²) >= 11 is 0. The minimum atomic E-state index is -1.68. The number of aliphatic carboxylic acids is 1. The normalized spacial score (nSPS) is 37.0. The molecule has 0 spiro atoms. The molecule has 6 atom stereocenters. The lowest BCUT2D eigenvalue weighted by Crippen LogP contribution is -2.60. The molecule has 1 saturated heterocycles. The Hall–Kier alpha value is -0.730.